The second-order valence-electron chi connectivity index (χ2n) is 6.15. The first-order chi connectivity index (χ1) is 12.3. The summed E-state index contributed by atoms with van der Waals surface area (Å²) in [6.45, 7) is 1.76. The van der Waals surface area contributed by atoms with E-state index >= 15 is 0 Å². The lowest BCUT2D eigenvalue weighted by Gasteiger charge is -2.12. The van der Waals surface area contributed by atoms with Crippen LogP contribution in [0.3, 0.4) is 0 Å². The largest absolute Gasteiger partial charge is 0.497 e. The van der Waals surface area contributed by atoms with Gasteiger partial charge in [0.1, 0.15) is 11.4 Å². The number of carbonyl (C=O) groups is 1. The van der Waals surface area contributed by atoms with Crippen LogP contribution in [0, 0.1) is 6.92 Å². The van der Waals surface area contributed by atoms with Gasteiger partial charge in [-0.1, -0.05) is 0 Å². The summed E-state index contributed by atoms with van der Waals surface area (Å²) in [5.41, 5.74) is 1.57. The molecule has 1 aliphatic rings. The third kappa shape index (κ3) is 4.48. The first kappa shape index (κ1) is 18.1. The van der Waals surface area contributed by atoms with Gasteiger partial charge < -0.3 is 15.4 Å². The van der Waals surface area contributed by atoms with Crippen molar-refractivity contribution < 1.29 is 17.9 Å². The number of nitrogens with one attached hydrogen (secondary N) is 2. The van der Waals surface area contributed by atoms with Crippen molar-refractivity contribution in [2.45, 2.75) is 19.4 Å². The molecule has 3 rings (SSSR count). The van der Waals surface area contributed by atoms with Crippen LogP contribution in [0.25, 0.3) is 0 Å². The van der Waals surface area contributed by atoms with E-state index in [4.69, 9.17) is 4.74 Å². The number of benzene rings is 1. The number of aryl methyl sites for hydroxylation is 1. The van der Waals surface area contributed by atoms with Gasteiger partial charge in [-0.05, 0) is 43.7 Å². The van der Waals surface area contributed by atoms with Crippen molar-refractivity contribution in [2.24, 2.45) is 0 Å². The molecule has 2 aromatic rings. The molecule has 138 valence electrons. The van der Waals surface area contributed by atoms with E-state index in [0.717, 1.165) is 11.4 Å². The fourth-order valence-electron chi connectivity index (χ4n) is 2.71. The number of rotatable bonds is 5. The Labute approximate surface area is 151 Å². The van der Waals surface area contributed by atoms with Crippen LogP contribution in [0.5, 0.6) is 5.75 Å². The van der Waals surface area contributed by atoms with Crippen LogP contribution in [0.1, 0.15) is 22.6 Å². The highest BCUT2D eigenvalue weighted by Gasteiger charge is 2.29. The Hall–Kier alpha value is -2.68. The zero-order chi connectivity index (χ0) is 18.7. The maximum atomic E-state index is 12.4. The number of methoxy groups -OCH3 is 1. The number of carbonyl (C=O) groups excluding carboxylic acids is 1. The van der Waals surface area contributed by atoms with E-state index in [9.17, 15) is 13.2 Å². The number of ether oxygens (including phenoxy) is 1. The Morgan fingerprint density at radius 3 is 2.58 bits per heavy atom. The van der Waals surface area contributed by atoms with Gasteiger partial charge in [-0.3, -0.25) is 4.79 Å². The third-order valence-corrected chi connectivity index (χ3v) is 5.77. The van der Waals surface area contributed by atoms with Crippen LogP contribution in [0.15, 0.2) is 30.3 Å². The minimum atomic E-state index is -3.06. The lowest BCUT2D eigenvalue weighted by Crippen LogP contribution is -2.36. The normalized spacial score (nSPS) is 18.3. The Morgan fingerprint density at radius 1 is 1.23 bits per heavy atom. The Kier molecular flexibility index (Phi) is 5.08. The Bertz CT molecular complexity index is 913. The fraction of sp³-hybridized carbons (Fsp3) is 0.353. The van der Waals surface area contributed by atoms with Crippen molar-refractivity contribution in [1.82, 2.24) is 15.3 Å². The highest BCUT2D eigenvalue weighted by Crippen LogP contribution is 2.18. The first-order valence-corrected chi connectivity index (χ1v) is 9.95. The van der Waals surface area contributed by atoms with Gasteiger partial charge in [-0.25, -0.2) is 18.4 Å². The molecule has 0 radical (unpaired) electrons. The average Bonchev–Trinajstić information content (AvgIpc) is 2.93. The first-order valence-electron chi connectivity index (χ1n) is 8.13. The molecule has 1 amide bonds. The van der Waals surface area contributed by atoms with Gasteiger partial charge in [-0.15, -0.1) is 0 Å². The standard InChI is InChI=1S/C17H20N4O4S/c1-11-9-15(16(22)19-13-7-8-26(23,24)10-13)21-17(18-11)20-12-3-5-14(25-2)6-4-12/h3-6,9,13H,7-8,10H2,1-2H3,(H,19,22)(H,18,20,21). The lowest BCUT2D eigenvalue weighted by atomic mass is 10.2. The molecular weight excluding hydrogens is 356 g/mol. The molecule has 9 heteroatoms. The zero-order valence-electron chi connectivity index (χ0n) is 14.5. The van der Waals surface area contributed by atoms with E-state index in [2.05, 4.69) is 20.6 Å². The minimum Gasteiger partial charge on any atom is -0.497 e. The SMILES string of the molecule is COc1ccc(Nc2nc(C)cc(C(=O)NC3CCS(=O)(=O)C3)n2)cc1. The van der Waals surface area contributed by atoms with Gasteiger partial charge in [0.2, 0.25) is 5.95 Å². The van der Waals surface area contributed by atoms with Gasteiger partial charge in [0.05, 0.1) is 18.6 Å². The minimum absolute atomic E-state index is 0.0280. The van der Waals surface area contributed by atoms with Crippen LogP contribution in [-0.2, 0) is 9.84 Å². The molecule has 8 nitrogen and oxygen atoms in total. The van der Waals surface area contributed by atoms with Gasteiger partial charge in [-0.2, -0.15) is 0 Å². The molecule has 0 spiro atoms. The van der Waals surface area contributed by atoms with Gasteiger partial charge in [0, 0.05) is 17.4 Å². The zero-order valence-corrected chi connectivity index (χ0v) is 15.3. The number of anilines is 2. The number of hydrogen-bond acceptors (Lipinski definition) is 7. The number of aromatic nitrogens is 2. The van der Waals surface area contributed by atoms with Crippen LogP contribution in [0.4, 0.5) is 11.6 Å². The van der Waals surface area contributed by atoms with Crippen LogP contribution in [0.2, 0.25) is 0 Å². The van der Waals surface area contributed by atoms with E-state index in [1.165, 1.54) is 0 Å². The summed E-state index contributed by atoms with van der Waals surface area (Å²) in [5.74, 6) is 0.687. The fourth-order valence-corrected chi connectivity index (χ4v) is 4.39. The lowest BCUT2D eigenvalue weighted by molar-refractivity contribution is 0.0936. The smallest absolute Gasteiger partial charge is 0.270 e. The summed E-state index contributed by atoms with van der Waals surface area (Å²) in [5, 5.41) is 5.78. The van der Waals surface area contributed by atoms with Gasteiger partial charge in [0.25, 0.3) is 5.91 Å². The number of hydrogen-bond donors (Lipinski definition) is 2. The third-order valence-electron chi connectivity index (χ3n) is 4.00. The van der Waals surface area contributed by atoms with Crippen molar-refractivity contribution >= 4 is 27.4 Å². The van der Waals surface area contributed by atoms with Crippen LogP contribution >= 0.6 is 0 Å². The molecule has 1 aliphatic heterocycles. The van der Waals surface area contributed by atoms with E-state index < -0.39 is 15.7 Å². The van der Waals surface area contributed by atoms with E-state index in [0.29, 0.717) is 18.1 Å². The molecule has 26 heavy (non-hydrogen) atoms. The second kappa shape index (κ2) is 7.28. The van der Waals surface area contributed by atoms with Crippen molar-refractivity contribution in [2.75, 3.05) is 23.9 Å². The molecule has 1 saturated heterocycles. The predicted molar refractivity (Wildman–Crippen MR) is 97.6 cm³/mol. The number of amides is 1. The molecule has 0 saturated carbocycles. The maximum absolute atomic E-state index is 12.4. The highest BCUT2D eigenvalue weighted by atomic mass is 32.2. The highest BCUT2D eigenvalue weighted by molar-refractivity contribution is 7.91. The second-order valence-corrected chi connectivity index (χ2v) is 8.37. The van der Waals surface area contributed by atoms with Gasteiger partial charge in [0.15, 0.2) is 9.84 Å². The summed E-state index contributed by atoms with van der Waals surface area (Å²) in [7, 11) is -1.47. The molecule has 2 heterocycles. The van der Waals surface area contributed by atoms with Crippen molar-refractivity contribution in [1.29, 1.82) is 0 Å². The summed E-state index contributed by atoms with van der Waals surface area (Å²) >= 11 is 0. The molecule has 1 aromatic heterocycles. The molecule has 1 atom stereocenters. The van der Waals surface area contributed by atoms with Crippen molar-refractivity contribution in [3.63, 3.8) is 0 Å². The van der Waals surface area contributed by atoms with Crippen LogP contribution < -0.4 is 15.4 Å². The summed E-state index contributed by atoms with van der Waals surface area (Å²) in [6, 6.07) is 8.42. The van der Waals surface area contributed by atoms with Gasteiger partial charge >= 0.3 is 0 Å². The maximum Gasteiger partial charge on any atom is 0.270 e. The van der Waals surface area contributed by atoms with E-state index in [1.54, 1.807) is 32.2 Å². The molecule has 1 aromatic carbocycles. The topological polar surface area (TPSA) is 110 Å². The average molecular weight is 376 g/mol. The molecule has 2 N–H and O–H groups in total. The quantitative estimate of drug-likeness (QED) is 0.813. The predicted octanol–water partition coefficient (Wildman–Crippen LogP) is 1.45. The van der Waals surface area contributed by atoms with Crippen molar-refractivity contribution in [3.05, 3.63) is 41.7 Å². The monoisotopic (exact) mass is 376 g/mol. The van der Waals surface area contributed by atoms with E-state index in [1.807, 2.05) is 12.1 Å². The summed E-state index contributed by atoms with van der Waals surface area (Å²) in [6.07, 6.45) is 0.426. The number of sulfone groups is 1. The molecule has 0 bridgehead atoms. The van der Waals surface area contributed by atoms with E-state index in [-0.39, 0.29) is 23.2 Å². The number of nitrogens with zero attached hydrogens (tertiary/aromatic N) is 2. The molecule has 1 unspecified atom stereocenters. The summed E-state index contributed by atoms with van der Waals surface area (Å²) < 4.78 is 28.2. The molecule has 0 aliphatic carbocycles. The summed E-state index contributed by atoms with van der Waals surface area (Å²) in [4.78, 5) is 20.9. The Morgan fingerprint density at radius 2 is 1.96 bits per heavy atom. The Balaban J connectivity index is 1.73. The molecular formula is C17H20N4O4S. The van der Waals surface area contributed by atoms with Crippen molar-refractivity contribution in [3.8, 4) is 5.75 Å². The van der Waals surface area contributed by atoms with Crippen LogP contribution in [-0.4, -0.2) is 49.0 Å². The molecule has 1 fully saturated rings.